The molecule has 1 heterocycles. The van der Waals surface area contributed by atoms with Crippen molar-refractivity contribution in [1.29, 1.82) is 0 Å². The van der Waals surface area contributed by atoms with Gasteiger partial charge in [-0.05, 0) is 31.9 Å². The van der Waals surface area contributed by atoms with Gasteiger partial charge in [0.25, 0.3) is 0 Å². The maximum absolute atomic E-state index is 5.46. The zero-order valence-electron chi connectivity index (χ0n) is 10.6. The second-order valence-corrected chi connectivity index (χ2v) is 6.43. The molecule has 2 fully saturated rings. The Labute approximate surface area is 111 Å². The van der Waals surface area contributed by atoms with Crippen LogP contribution in [0.2, 0.25) is 0 Å². The van der Waals surface area contributed by atoms with Crippen LogP contribution >= 0.6 is 11.8 Å². The van der Waals surface area contributed by atoms with Gasteiger partial charge in [-0.3, -0.25) is 0 Å². The molecule has 2 aliphatic rings. The summed E-state index contributed by atoms with van der Waals surface area (Å²) < 4.78 is 0.432. The highest BCUT2D eigenvalue weighted by Gasteiger charge is 2.41. The van der Waals surface area contributed by atoms with Gasteiger partial charge in [0.1, 0.15) is 17.5 Å². The van der Waals surface area contributed by atoms with Gasteiger partial charge in [-0.25, -0.2) is 15.8 Å². The Balaban J connectivity index is 1.72. The zero-order valence-corrected chi connectivity index (χ0v) is 11.4. The highest BCUT2D eigenvalue weighted by molar-refractivity contribution is 8.00. The van der Waals surface area contributed by atoms with E-state index in [1.807, 2.05) is 17.8 Å². The molecule has 18 heavy (non-hydrogen) atoms. The van der Waals surface area contributed by atoms with Crippen molar-refractivity contribution in [3.8, 4) is 0 Å². The van der Waals surface area contributed by atoms with E-state index >= 15 is 0 Å². The number of hydrazine groups is 1. The number of hydrogen-bond donors (Lipinski definition) is 3. The number of hydrogen-bond acceptors (Lipinski definition) is 6. The molecule has 0 bridgehead atoms. The first-order valence-corrected chi connectivity index (χ1v) is 7.62. The molecule has 0 aromatic carbocycles. The normalized spacial score (nSPS) is 20.6. The monoisotopic (exact) mass is 265 g/mol. The number of nitrogen functional groups attached to an aromatic ring is 1. The molecule has 0 radical (unpaired) electrons. The highest BCUT2D eigenvalue weighted by Crippen LogP contribution is 2.47. The van der Waals surface area contributed by atoms with Crippen molar-refractivity contribution in [2.24, 2.45) is 5.84 Å². The van der Waals surface area contributed by atoms with E-state index in [-0.39, 0.29) is 0 Å². The summed E-state index contributed by atoms with van der Waals surface area (Å²) >= 11 is 1.94. The number of thioether (sulfide) groups is 1. The number of rotatable bonds is 6. The molecule has 1 aromatic heterocycles. The smallest absolute Gasteiger partial charge is 0.145 e. The molecule has 0 aliphatic heterocycles. The van der Waals surface area contributed by atoms with Gasteiger partial charge in [0.15, 0.2) is 0 Å². The molecular formula is C12H19N5S. The number of nitrogens with two attached hydrogens (primary N) is 1. The predicted octanol–water partition coefficient (Wildman–Crippen LogP) is 1.95. The van der Waals surface area contributed by atoms with E-state index in [9.17, 15) is 0 Å². The van der Waals surface area contributed by atoms with E-state index in [0.29, 0.717) is 16.5 Å². The van der Waals surface area contributed by atoms with Crippen molar-refractivity contribution < 1.29 is 0 Å². The van der Waals surface area contributed by atoms with Crippen molar-refractivity contribution in [2.45, 2.75) is 36.3 Å². The lowest BCUT2D eigenvalue weighted by molar-refractivity contribution is 0.899. The Morgan fingerprint density at radius 1 is 1.39 bits per heavy atom. The van der Waals surface area contributed by atoms with Crippen LogP contribution in [0.4, 0.5) is 11.6 Å². The van der Waals surface area contributed by atoms with E-state index in [1.165, 1.54) is 25.7 Å². The molecule has 2 saturated carbocycles. The van der Waals surface area contributed by atoms with E-state index in [2.05, 4.69) is 27.0 Å². The SMILES string of the molecule is CSC1(CNc2cc(NN)nc(C3CC3)n2)CC1. The minimum Gasteiger partial charge on any atom is -0.369 e. The molecule has 0 unspecified atom stereocenters. The van der Waals surface area contributed by atoms with Crippen LogP contribution in [0.3, 0.4) is 0 Å². The van der Waals surface area contributed by atoms with Crippen molar-refractivity contribution in [3.63, 3.8) is 0 Å². The topological polar surface area (TPSA) is 75.9 Å². The molecule has 5 nitrogen and oxygen atoms in total. The molecule has 2 aliphatic carbocycles. The van der Waals surface area contributed by atoms with Crippen LogP contribution < -0.4 is 16.6 Å². The van der Waals surface area contributed by atoms with Crippen LogP contribution in [0.15, 0.2) is 6.07 Å². The average molecular weight is 265 g/mol. The van der Waals surface area contributed by atoms with E-state index in [4.69, 9.17) is 5.84 Å². The third kappa shape index (κ3) is 2.54. The first-order valence-electron chi connectivity index (χ1n) is 6.39. The van der Waals surface area contributed by atoms with Crippen molar-refractivity contribution in [1.82, 2.24) is 9.97 Å². The second-order valence-electron chi connectivity index (χ2n) is 5.16. The Hall–Kier alpha value is -1.01. The first-order chi connectivity index (χ1) is 8.74. The lowest BCUT2D eigenvalue weighted by atomic mass is 10.3. The molecule has 0 atom stereocenters. The van der Waals surface area contributed by atoms with Gasteiger partial charge in [0, 0.05) is 23.3 Å². The number of aromatic nitrogens is 2. The average Bonchev–Trinajstić information content (AvgIpc) is 3.30. The minimum atomic E-state index is 0.432. The van der Waals surface area contributed by atoms with Crippen LogP contribution in [0.25, 0.3) is 0 Å². The Bertz CT molecular complexity index is 442. The lowest BCUT2D eigenvalue weighted by Gasteiger charge is -2.14. The maximum Gasteiger partial charge on any atom is 0.145 e. The quantitative estimate of drug-likeness (QED) is 0.539. The third-order valence-electron chi connectivity index (χ3n) is 3.67. The van der Waals surface area contributed by atoms with Crippen LogP contribution in [0.5, 0.6) is 0 Å². The summed E-state index contributed by atoms with van der Waals surface area (Å²) in [5.41, 5.74) is 2.62. The fourth-order valence-corrected chi connectivity index (χ4v) is 2.73. The second kappa shape index (κ2) is 4.59. The molecular weight excluding hydrogens is 246 g/mol. The summed E-state index contributed by atoms with van der Waals surface area (Å²) in [6.45, 7) is 0.972. The summed E-state index contributed by atoms with van der Waals surface area (Å²) in [6, 6.07) is 1.88. The van der Waals surface area contributed by atoms with E-state index in [0.717, 1.165) is 18.2 Å². The van der Waals surface area contributed by atoms with Gasteiger partial charge in [0.2, 0.25) is 0 Å². The molecule has 0 spiro atoms. The summed E-state index contributed by atoms with van der Waals surface area (Å²) in [5, 5.41) is 3.43. The van der Waals surface area contributed by atoms with Crippen LogP contribution in [-0.4, -0.2) is 27.5 Å². The van der Waals surface area contributed by atoms with Gasteiger partial charge in [-0.2, -0.15) is 11.8 Å². The number of nitrogens with zero attached hydrogens (tertiary/aromatic N) is 2. The van der Waals surface area contributed by atoms with E-state index < -0.39 is 0 Å². The fourth-order valence-electron chi connectivity index (χ4n) is 2.00. The Kier molecular flexibility index (Phi) is 3.07. The summed E-state index contributed by atoms with van der Waals surface area (Å²) in [5.74, 6) is 8.50. The maximum atomic E-state index is 5.46. The fraction of sp³-hybridized carbons (Fsp3) is 0.667. The van der Waals surface area contributed by atoms with Gasteiger partial charge in [-0.1, -0.05) is 0 Å². The molecule has 98 valence electrons. The van der Waals surface area contributed by atoms with Gasteiger partial charge < -0.3 is 10.7 Å². The van der Waals surface area contributed by atoms with Gasteiger partial charge in [-0.15, -0.1) is 0 Å². The third-order valence-corrected chi connectivity index (χ3v) is 5.08. The van der Waals surface area contributed by atoms with E-state index in [1.54, 1.807) is 0 Å². The molecule has 0 amide bonds. The number of anilines is 2. The van der Waals surface area contributed by atoms with Gasteiger partial charge in [0.05, 0.1) is 0 Å². The lowest BCUT2D eigenvalue weighted by Crippen LogP contribution is -2.19. The molecule has 1 aromatic rings. The molecule has 4 N–H and O–H groups in total. The van der Waals surface area contributed by atoms with Crippen LogP contribution in [0, 0.1) is 0 Å². The number of nitrogens with one attached hydrogen (secondary N) is 2. The first kappa shape index (κ1) is 12.0. The summed E-state index contributed by atoms with van der Waals surface area (Å²) in [4.78, 5) is 8.98. The summed E-state index contributed by atoms with van der Waals surface area (Å²) in [7, 11) is 0. The van der Waals surface area contributed by atoms with Crippen molar-refractivity contribution in [2.75, 3.05) is 23.5 Å². The van der Waals surface area contributed by atoms with Crippen molar-refractivity contribution >= 4 is 23.4 Å². The Morgan fingerprint density at radius 2 is 2.11 bits per heavy atom. The molecule has 6 heteroatoms. The highest BCUT2D eigenvalue weighted by atomic mass is 32.2. The molecule has 0 saturated heterocycles. The van der Waals surface area contributed by atoms with Crippen molar-refractivity contribution in [3.05, 3.63) is 11.9 Å². The molecule has 3 rings (SSSR count). The van der Waals surface area contributed by atoms with Crippen LogP contribution in [0.1, 0.15) is 37.4 Å². The predicted molar refractivity (Wildman–Crippen MR) is 75.8 cm³/mol. The standard InChI is InChI=1S/C12H19N5S/c1-18-12(4-5-12)7-14-9-6-10(17-13)16-11(15-9)8-2-3-8/h6,8H,2-5,7,13H2,1H3,(H2,14,15,16,17). The largest absolute Gasteiger partial charge is 0.369 e. The van der Waals surface area contributed by atoms with Crippen LogP contribution in [-0.2, 0) is 0 Å². The Morgan fingerprint density at radius 3 is 2.67 bits per heavy atom. The summed E-state index contributed by atoms with van der Waals surface area (Å²) in [6.07, 6.45) is 7.16. The zero-order chi connectivity index (χ0) is 12.6. The minimum absolute atomic E-state index is 0.432. The van der Waals surface area contributed by atoms with Gasteiger partial charge >= 0.3 is 0 Å².